The van der Waals surface area contributed by atoms with Crippen LogP contribution in [-0.4, -0.2) is 49.1 Å². The molecule has 1 atom stereocenters. The Labute approximate surface area is 225 Å². The molecule has 0 amide bonds. The van der Waals surface area contributed by atoms with E-state index in [2.05, 4.69) is 48.4 Å². The number of rotatable bonds is 10. The first-order chi connectivity index (χ1) is 17.9. The van der Waals surface area contributed by atoms with Gasteiger partial charge in [-0.15, -0.1) is 11.6 Å². The van der Waals surface area contributed by atoms with Crippen molar-refractivity contribution in [3.05, 3.63) is 41.6 Å². The molecule has 1 aliphatic heterocycles. The highest BCUT2D eigenvalue weighted by molar-refractivity contribution is 6.17. The molecule has 3 heterocycles. The Kier molecular flexibility index (Phi) is 7.60. The predicted molar refractivity (Wildman–Crippen MR) is 150 cm³/mol. The van der Waals surface area contributed by atoms with Crippen molar-refractivity contribution in [2.24, 2.45) is 11.8 Å². The van der Waals surface area contributed by atoms with Crippen molar-refractivity contribution in [2.75, 3.05) is 38.8 Å². The highest BCUT2D eigenvalue weighted by Crippen LogP contribution is 2.42. The van der Waals surface area contributed by atoms with Crippen molar-refractivity contribution >= 4 is 22.8 Å². The Morgan fingerprint density at radius 3 is 2.38 bits per heavy atom. The molecule has 0 bridgehead atoms. The number of benzene rings is 1. The number of pyridine rings is 1. The van der Waals surface area contributed by atoms with Crippen molar-refractivity contribution in [1.29, 1.82) is 0 Å². The van der Waals surface area contributed by atoms with Crippen LogP contribution in [0.5, 0.6) is 11.5 Å². The molecule has 1 aliphatic carbocycles. The molecule has 0 N–H and O–H groups in total. The number of aromatic nitrogens is 2. The first-order valence-corrected chi connectivity index (χ1v) is 14.1. The number of nitrogens with zero attached hydrogens (tertiary/aromatic N) is 3. The highest BCUT2D eigenvalue weighted by Gasteiger charge is 2.33. The molecule has 1 saturated heterocycles. The van der Waals surface area contributed by atoms with Gasteiger partial charge in [-0.25, -0.2) is 4.52 Å². The number of fused-ring (bicyclic) bond motifs is 1. The Morgan fingerprint density at radius 2 is 1.78 bits per heavy atom. The second kappa shape index (κ2) is 10.7. The number of methoxy groups -OCH3 is 2. The van der Waals surface area contributed by atoms with E-state index in [1.165, 1.54) is 18.5 Å². The molecule has 2 fully saturated rings. The number of alkyl halides is 1. The standard InChI is InChI=1S/C30H40ClN3O3/c1-6-23-29(33(18-20-10-11-20)19-21-12-13-37-30(2,3)16-21)25-9-7-8-24(34(25)32-23)28-26(35-4)14-22(17-31)15-27(28)36-5/h7-9,14-15,20-21H,6,10-13,16-19H2,1-5H3. The number of ether oxygens (including phenoxy) is 3. The molecule has 2 aromatic heterocycles. The summed E-state index contributed by atoms with van der Waals surface area (Å²) in [6.45, 7) is 9.62. The third kappa shape index (κ3) is 5.42. The molecule has 3 aromatic rings. The summed E-state index contributed by atoms with van der Waals surface area (Å²) in [6.07, 6.45) is 5.71. The van der Waals surface area contributed by atoms with Crippen molar-refractivity contribution in [1.82, 2.24) is 9.61 Å². The van der Waals surface area contributed by atoms with Crippen molar-refractivity contribution in [3.63, 3.8) is 0 Å². The number of halogens is 1. The fraction of sp³-hybridized carbons (Fsp3) is 0.567. The van der Waals surface area contributed by atoms with E-state index in [9.17, 15) is 0 Å². The average molecular weight is 526 g/mol. The van der Waals surface area contributed by atoms with Gasteiger partial charge in [0.25, 0.3) is 0 Å². The van der Waals surface area contributed by atoms with Gasteiger partial charge in [-0.05, 0) is 87.6 Å². The summed E-state index contributed by atoms with van der Waals surface area (Å²) in [6, 6.07) is 10.4. The lowest BCUT2D eigenvalue weighted by atomic mass is 9.88. The maximum absolute atomic E-state index is 6.16. The van der Waals surface area contributed by atoms with Crippen LogP contribution in [0.25, 0.3) is 16.8 Å². The summed E-state index contributed by atoms with van der Waals surface area (Å²) in [5.41, 5.74) is 6.28. The monoisotopic (exact) mass is 525 g/mol. The molecule has 0 spiro atoms. The molecule has 37 heavy (non-hydrogen) atoms. The fourth-order valence-electron chi connectivity index (χ4n) is 5.87. The topological polar surface area (TPSA) is 48.2 Å². The maximum atomic E-state index is 6.16. The summed E-state index contributed by atoms with van der Waals surface area (Å²) in [7, 11) is 3.38. The van der Waals surface area contributed by atoms with E-state index < -0.39 is 0 Å². The molecule has 1 unspecified atom stereocenters. The average Bonchev–Trinajstić information content (AvgIpc) is 3.63. The second-order valence-corrected chi connectivity index (χ2v) is 11.4. The first-order valence-electron chi connectivity index (χ1n) is 13.6. The maximum Gasteiger partial charge on any atom is 0.132 e. The Balaban J connectivity index is 1.62. The van der Waals surface area contributed by atoms with Crippen molar-refractivity contribution < 1.29 is 14.2 Å². The van der Waals surface area contributed by atoms with Gasteiger partial charge in [0.2, 0.25) is 0 Å². The van der Waals surface area contributed by atoms with Crippen molar-refractivity contribution in [2.45, 2.75) is 64.4 Å². The van der Waals surface area contributed by atoms with Crippen molar-refractivity contribution in [3.8, 4) is 22.8 Å². The van der Waals surface area contributed by atoms with Gasteiger partial charge in [0, 0.05) is 25.6 Å². The Hall–Kier alpha value is -2.44. The molecular weight excluding hydrogens is 486 g/mol. The van der Waals surface area contributed by atoms with Crippen LogP contribution in [-0.2, 0) is 17.0 Å². The third-order valence-corrected chi connectivity index (χ3v) is 8.09. The molecule has 1 aromatic carbocycles. The Bertz CT molecular complexity index is 1230. The molecule has 200 valence electrons. The smallest absolute Gasteiger partial charge is 0.132 e. The van der Waals surface area contributed by atoms with Gasteiger partial charge in [0.1, 0.15) is 11.5 Å². The van der Waals surface area contributed by atoms with E-state index in [0.717, 1.165) is 84.4 Å². The molecule has 7 heteroatoms. The van der Waals surface area contributed by atoms with Gasteiger partial charge in [-0.2, -0.15) is 5.10 Å². The summed E-state index contributed by atoms with van der Waals surface area (Å²) < 4.78 is 19.8. The molecular formula is C30H40ClN3O3. The Morgan fingerprint density at radius 1 is 1.08 bits per heavy atom. The van der Waals surface area contributed by atoms with Gasteiger partial charge >= 0.3 is 0 Å². The van der Waals surface area contributed by atoms with Crippen LogP contribution in [0.1, 0.15) is 57.7 Å². The van der Waals surface area contributed by atoms with E-state index in [4.69, 9.17) is 30.9 Å². The van der Waals surface area contributed by atoms with E-state index >= 15 is 0 Å². The zero-order valence-electron chi connectivity index (χ0n) is 22.8. The SMILES string of the molecule is CCc1nn2c(-c3c(OC)cc(CCl)cc3OC)cccc2c1N(CC1CC1)CC1CCOC(C)(C)C1. The van der Waals surface area contributed by atoms with E-state index in [1.54, 1.807) is 14.2 Å². The molecule has 5 rings (SSSR count). The lowest BCUT2D eigenvalue weighted by Crippen LogP contribution is -2.40. The van der Waals surface area contributed by atoms with Crippen LogP contribution >= 0.6 is 11.6 Å². The van der Waals surface area contributed by atoms with E-state index in [-0.39, 0.29) is 5.60 Å². The number of hydrogen-bond donors (Lipinski definition) is 0. The number of hydrogen-bond acceptors (Lipinski definition) is 5. The summed E-state index contributed by atoms with van der Waals surface area (Å²) in [4.78, 5) is 2.64. The summed E-state index contributed by atoms with van der Waals surface area (Å²) in [5, 5.41) is 5.18. The van der Waals surface area contributed by atoms with Crippen LogP contribution in [0, 0.1) is 11.8 Å². The summed E-state index contributed by atoms with van der Waals surface area (Å²) in [5.74, 6) is 3.24. The van der Waals surface area contributed by atoms with Gasteiger partial charge in [0.15, 0.2) is 0 Å². The number of anilines is 1. The molecule has 0 radical (unpaired) electrons. The van der Waals surface area contributed by atoms with Gasteiger partial charge in [-0.3, -0.25) is 0 Å². The third-order valence-electron chi connectivity index (χ3n) is 7.78. The first kappa shape index (κ1) is 26.2. The zero-order chi connectivity index (χ0) is 26.2. The van der Waals surface area contributed by atoms with Crippen LogP contribution in [0.4, 0.5) is 5.69 Å². The van der Waals surface area contributed by atoms with Crippen LogP contribution in [0.2, 0.25) is 0 Å². The minimum absolute atomic E-state index is 0.0572. The van der Waals surface area contributed by atoms with E-state index in [0.29, 0.717) is 11.8 Å². The second-order valence-electron chi connectivity index (χ2n) is 11.2. The fourth-order valence-corrected chi connectivity index (χ4v) is 6.02. The minimum Gasteiger partial charge on any atom is -0.496 e. The van der Waals surface area contributed by atoms with Crippen LogP contribution in [0.15, 0.2) is 30.3 Å². The van der Waals surface area contributed by atoms with Gasteiger partial charge in [0.05, 0.1) is 48.0 Å². The lowest BCUT2D eigenvalue weighted by molar-refractivity contribution is -0.0708. The predicted octanol–water partition coefficient (Wildman–Crippen LogP) is 6.74. The molecule has 2 aliphatic rings. The van der Waals surface area contributed by atoms with Crippen LogP contribution < -0.4 is 14.4 Å². The molecule has 1 saturated carbocycles. The minimum atomic E-state index is -0.0572. The normalized spacial score (nSPS) is 19.2. The lowest BCUT2D eigenvalue weighted by Gasteiger charge is -2.38. The zero-order valence-corrected chi connectivity index (χ0v) is 23.6. The number of aryl methyl sites for hydroxylation is 1. The summed E-state index contributed by atoms with van der Waals surface area (Å²) >= 11 is 6.16. The van der Waals surface area contributed by atoms with Crippen LogP contribution in [0.3, 0.4) is 0 Å². The largest absolute Gasteiger partial charge is 0.496 e. The van der Waals surface area contributed by atoms with Gasteiger partial charge < -0.3 is 19.1 Å². The quantitative estimate of drug-likeness (QED) is 0.274. The van der Waals surface area contributed by atoms with Gasteiger partial charge in [-0.1, -0.05) is 13.0 Å². The molecule has 6 nitrogen and oxygen atoms in total. The van der Waals surface area contributed by atoms with E-state index in [1.807, 2.05) is 12.1 Å². The highest BCUT2D eigenvalue weighted by atomic mass is 35.5.